The van der Waals surface area contributed by atoms with Crippen molar-refractivity contribution in [2.24, 2.45) is 0 Å². The summed E-state index contributed by atoms with van der Waals surface area (Å²) in [5, 5.41) is 6.09. The van der Waals surface area contributed by atoms with Crippen LogP contribution in [0.15, 0.2) is 59.1 Å². The van der Waals surface area contributed by atoms with Crippen LogP contribution in [-0.2, 0) is 4.79 Å². The summed E-state index contributed by atoms with van der Waals surface area (Å²) in [6.45, 7) is 4.22. The molecule has 1 atom stereocenters. The highest BCUT2D eigenvalue weighted by atomic mass is 79.9. The number of carbonyl (C=O) groups is 1. The Balaban J connectivity index is 0.00000288. The molecule has 1 amide bonds. The number of nitrogens with one attached hydrogen (secondary N) is 2. The number of ether oxygens (including phenoxy) is 1. The molecule has 2 rings (SSSR count). The molecular formula is C18H22BrClN2O2. The molecule has 0 aliphatic carbocycles. The van der Waals surface area contributed by atoms with E-state index in [1.54, 1.807) is 0 Å². The topological polar surface area (TPSA) is 50.4 Å². The van der Waals surface area contributed by atoms with Crippen molar-refractivity contribution in [3.63, 3.8) is 0 Å². The van der Waals surface area contributed by atoms with E-state index in [9.17, 15) is 4.79 Å². The lowest BCUT2D eigenvalue weighted by atomic mass is 10.1. The lowest BCUT2D eigenvalue weighted by Gasteiger charge is -2.19. The number of benzene rings is 2. The molecule has 130 valence electrons. The Morgan fingerprint density at radius 3 is 2.54 bits per heavy atom. The van der Waals surface area contributed by atoms with Crippen molar-refractivity contribution in [3.8, 4) is 5.75 Å². The van der Waals surface area contributed by atoms with Gasteiger partial charge in [-0.2, -0.15) is 0 Å². The van der Waals surface area contributed by atoms with Gasteiger partial charge in [0.25, 0.3) is 5.91 Å². The van der Waals surface area contributed by atoms with Crippen molar-refractivity contribution in [3.05, 3.63) is 64.6 Å². The predicted octanol–water partition coefficient (Wildman–Crippen LogP) is 3.72. The number of rotatable bonds is 8. The van der Waals surface area contributed by atoms with Gasteiger partial charge >= 0.3 is 0 Å². The highest BCUT2D eigenvalue weighted by molar-refractivity contribution is 9.10. The molecule has 0 aliphatic rings. The zero-order chi connectivity index (χ0) is 16.5. The Morgan fingerprint density at radius 1 is 1.12 bits per heavy atom. The Hall–Kier alpha value is -1.56. The lowest BCUT2D eigenvalue weighted by Crippen LogP contribution is -2.36. The summed E-state index contributed by atoms with van der Waals surface area (Å²) in [5.74, 6) is 0.504. The average Bonchev–Trinajstić information content (AvgIpc) is 2.57. The van der Waals surface area contributed by atoms with Crippen LogP contribution < -0.4 is 15.4 Å². The molecule has 0 saturated carbocycles. The van der Waals surface area contributed by atoms with Crippen molar-refractivity contribution < 1.29 is 9.53 Å². The fourth-order valence-electron chi connectivity index (χ4n) is 2.12. The molecule has 6 heteroatoms. The molecule has 0 bridgehead atoms. The van der Waals surface area contributed by atoms with Crippen LogP contribution in [0.3, 0.4) is 0 Å². The smallest absolute Gasteiger partial charge is 0.265 e. The third-order valence-corrected chi connectivity index (χ3v) is 3.73. The molecule has 1 unspecified atom stereocenters. The third-order valence-electron chi connectivity index (χ3n) is 3.24. The zero-order valence-corrected chi connectivity index (χ0v) is 15.9. The third kappa shape index (κ3) is 6.51. The number of amides is 1. The monoisotopic (exact) mass is 412 g/mol. The number of likely N-dealkylation sites (N-methyl/N-ethyl adjacent to an activating group) is 1. The fraction of sp³-hybridized carbons (Fsp3) is 0.278. The molecule has 0 fully saturated rings. The molecule has 0 spiro atoms. The highest BCUT2D eigenvalue weighted by Gasteiger charge is 2.22. The fourth-order valence-corrected chi connectivity index (χ4v) is 2.50. The molecular weight excluding hydrogens is 392 g/mol. The molecule has 2 aromatic carbocycles. The zero-order valence-electron chi connectivity index (χ0n) is 13.5. The summed E-state index contributed by atoms with van der Waals surface area (Å²) < 4.78 is 6.85. The number of halogens is 2. The van der Waals surface area contributed by atoms with E-state index >= 15 is 0 Å². The summed E-state index contributed by atoms with van der Waals surface area (Å²) in [7, 11) is 0. The van der Waals surface area contributed by atoms with Crippen molar-refractivity contribution in [2.75, 3.05) is 19.6 Å². The van der Waals surface area contributed by atoms with Crippen LogP contribution in [0.5, 0.6) is 5.75 Å². The molecule has 0 saturated heterocycles. The van der Waals surface area contributed by atoms with Gasteiger partial charge in [0.1, 0.15) is 5.75 Å². The molecule has 0 radical (unpaired) electrons. The molecule has 0 aromatic heterocycles. The van der Waals surface area contributed by atoms with E-state index in [0.29, 0.717) is 12.3 Å². The second-order valence-corrected chi connectivity index (χ2v) is 5.93. The van der Waals surface area contributed by atoms with Gasteiger partial charge in [-0.3, -0.25) is 4.79 Å². The lowest BCUT2D eigenvalue weighted by molar-refractivity contribution is -0.128. The van der Waals surface area contributed by atoms with Gasteiger partial charge in [-0.1, -0.05) is 59.3 Å². The Bertz CT molecular complexity index is 625. The van der Waals surface area contributed by atoms with Crippen LogP contribution in [0, 0.1) is 0 Å². The first-order valence-electron chi connectivity index (χ1n) is 7.66. The number of carbonyl (C=O) groups excluding carboxylic acids is 1. The Morgan fingerprint density at radius 2 is 1.88 bits per heavy atom. The SMILES string of the molecule is CCNCCNC(=O)C(Oc1cccc(Br)c1)c1ccccc1.Cl. The van der Waals surface area contributed by atoms with E-state index in [1.165, 1.54) is 0 Å². The van der Waals surface area contributed by atoms with E-state index in [1.807, 2.05) is 61.5 Å². The minimum absolute atomic E-state index is 0. The van der Waals surface area contributed by atoms with Crippen LogP contribution in [-0.4, -0.2) is 25.5 Å². The minimum Gasteiger partial charge on any atom is -0.476 e. The van der Waals surface area contributed by atoms with Crippen molar-refractivity contribution in [1.82, 2.24) is 10.6 Å². The number of hydrogen-bond acceptors (Lipinski definition) is 3. The van der Waals surface area contributed by atoms with Gasteiger partial charge in [0.2, 0.25) is 6.10 Å². The van der Waals surface area contributed by atoms with Crippen molar-refractivity contribution in [1.29, 1.82) is 0 Å². The first-order chi connectivity index (χ1) is 11.2. The van der Waals surface area contributed by atoms with Gasteiger partial charge in [-0.25, -0.2) is 0 Å². The first-order valence-corrected chi connectivity index (χ1v) is 8.45. The van der Waals surface area contributed by atoms with Crippen LogP contribution in [0.1, 0.15) is 18.6 Å². The number of hydrogen-bond donors (Lipinski definition) is 2. The van der Waals surface area contributed by atoms with Gasteiger partial charge in [0.15, 0.2) is 0 Å². The van der Waals surface area contributed by atoms with Gasteiger partial charge in [-0.15, -0.1) is 12.4 Å². The summed E-state index contributed by atoms with van der Waals surface area (Å²) in [6.07, 6.45) is -0.674. The van der Waals surface area contributed by atoms with E-state index in [-0.39, 0.29) is 18.3 Å². The second-order valence-electron chi connectivity index (χ2n) is 5.01. The van der Waals surface area contributed by atoms with Crippen LogP contribution in [0.4, 0.5) is 0 Å². The predicted molar refractivity (Wildman–Crippen MR) is 103 cm³/mol. The van der Waals surface area contributed by atoms with Crippen LogP contribution >= 0.6 is 28.3 Å². The maximum absolute atomic E-state index is 12.5. The van der Waals surface area contributed by atoms with Gasteiger partial charge in [0, 0.05) is 23.1 Å². The maximum atomic E-state index is 12.5. The quantitative estimate of drug-likeness (QED) is 0.649. The average molecular weight is 414 g/mol. The molecule has 0 heterocycles. The van der Waals surface area contributed by atoms with Crippen molar-refractivity contribution in [2.45, 2.75) is 13.0 Å². The summed E-state index contributed by atoms with van der Waals surface area (Å²) in [5.41, 5.74) is 0.827. The normalized spacial score (nSPS) is 11.2. The highest BCUT2D eigenvalue weighted by Crippen LogP contribution is 2.24. The standard InChI is InChI=1S/C18H21BrN2O2.ClH/c1-2-20-11-12-21-18(22)17(14-7-4-3-5-8-14)23-16-10-6-9-15(19)13-16;/h3-10,13,17,20H,2,11-12H2,1H3,(H,21,22);1H. The van der Waals surface area contributed by atoms with E-state index in [0.717, 1.165) is 23.1 Å². The van der Waals surface area contributed by atoms with E-state index < -0.39 is 6.10 Å². The van der Waals surface area contributed by atoms with Gasteiger partial charge in [0.05, 0.1) is 0 Å². The molecule has 0 aliphatic heterocycles. The Kier molecular flexibility index (Phi) is 9.45. The first kappa shape index (κ1) is 20.5. The van der Waals surface area contributed by atoms with Crippen molar-refractivity contribution >= 4 is 34.2 Å². The maximum Gasteiger partial charge on any atom is 0.265 e. The summed E-state index contributed by atoms with van der Waals surface area (Å²) >= 11 is 3.42. The van der Waals surface area contributed by atoms with E-state index in [4.69, 9.17) is 4.74 Å². The second kappa shape index (κ2) is 11.1. The van der Waals surface area contributed by atoms with Crippen LogP contribution in [0.25, 0.3) is 0 Å². The van der Waals surface area contributed by atoms with Crippen LogP contribution in [0.2, 0.25) is 0 Å². The van der Waals surface area contributed by atoms with Gasteiger partial charge in [-0.05, 0) is 24.7 Å². The molecule has 24 heavy (non-hydrogen) atoms. The Labute approximate surface area is 157 Å². The molecule has 4 nitrogen and oxygen atoms in total. The minimum atomic E-state index is -0.674. The summed E-state index contributed by atoms with van der Waals surface area (Å²) in [4.78, 5) is 12.5. The molecule has 2 aromatic rings. The summed E-state index contributed by atoms with van der Waals surface area (Å²) in [6, 6.07) is 17.0. The largest absolute Gasteiger partial charge is 0.476 e. The van der Waals surface area contributed by atoms with Gasteiger partial charge < -0.3 is 15.4 Å². The van der Waals surface area contributed by atoms with E-state index in [2.05, 4.69) is 26.6 Å². The molecule has 2 N–H and O–H groups in total.